The second kappa shape index (κ2) is 4.40. The first-order chi connectivity index (χ1) is 8.13. The van der Waals surface area contributed by atoms with Crippen molar-refractivity contribution in [2.75, 3.05) is 0 Å². The molecule has 2 atom stereocenters. The quantitative estimate of drug-likeness (QED) is 0.815. The molecule has 0 N–H and O–H groups in total. The summed E-state index contributed by atoms with van der Waals surface area (Å²) in [5.74, 6) is 2.41. The normalized spacial score (nSPS) is 30.1. The maximum absolute atomic E-state index is 12.1. The van der Waals surface area contributed by atoms with Gasteiger partial charge in [0.25, 0.3) is 0 Å². The first-order valence-corrected chi connectivity index (χ1v) is 7.27. The van der Waals surface area contributed by atoms with Crippen molar-refractivity contribution in [3.63, 3.8) is 0 Å². The third-order valence-electron chi connectivity index (χ3n) is 4.08. The fraction of sp³-hybridized carbons (Fsp3) is 0.500. The Morgan fingerprint density at radius 1 is 1.29 bits per heavy atom. The minimum absolute atomic E-state index is 0.304. The summed E-state index contributed by atoms with van der Waals surface area (Å²) < 4.78 is 0.959. The van der Waals surface area contributed by atoms with Gasteiger partial charge in [0.15, 0.2) is 0 Å². The van der Waals surface area contributed by atoms with Gasteiger partial charge in [-0.1, -0.05) is 33.6 Å². The number of hydrogen-bond donors (Lipinski definition) is 0. The fourth-order valence-corrected chi connectivity index (χ4v) is 3.71. The molecule has 0 radical (unpaired) electrons. The van der Waals surface area contributed by atoms with Crippen LogP contribution in [0.2, 0.25) is 5.02 Å². The predicted octanol–water partition coefficient (Wildman–Crippen LogP) is 4.26. The summed E-state index contributed by atoms with van der Waals surface area (Å²) in [5, 5.41) is 0.691. The fourth-order valence-electron chi connectivity index (χ4n) is 2.97. The van der Waals surface area contributed by atoms with E-state index < -0.39 is 0 Å². The zero-order chi connectivity index (χ0) is 12.0. The van der Waals surface area contributed by atoms with Crippen LogP contribution in [0.1, 0.15) is 24.8 Å². The van der Waals surface area contributed by atoms with Gasteiger partial charge in [0.1, 0.15) is 5.78 Å². The minimum atomic E-state index is 0.304. The molecular weight excluding hydrogens is 300 g/mol. The van der Waals surface area contributed by atoms with Crippen LogP contribution in [-0.2, 0) is 11.2 Å². The standard InChI is InChI=1S/C14H14BrClO/c15-12-2-1-8(13(16)7-12)6-14(17)11-4-9-3-10(9)5-11/h1-2,7,9-11H,3-6H2. The molecule has 0 saturated heterocycles. The number of rotatable bonds is 3. The molecule has 0 bridgehead atoms. The van der Waals surface area contributed by atoms with Crippen molar-refractivity contribution in [3.05, 3.63) is 33.3 Å². The third kappa shape index (κ3) is 2.43. The van der Waals surface area contributed by atoms with E-state index >= 15 is 0 Å². The lowest BCUT2D eigenvalue weighted by Crippen LogP contribution is -2.15. The van der Waals surface area contributed by atoms with Crippen molar-refractivity contribution >= 4 is 33.3 Å². The van der Waals surface area contributed by atoms with Gasteiger partial charge in [-0.05, 0) is 48.8 Å². The Bertz CT molecular complexity index is 461. The van der Waals surface area contributed by atoms with Crippen molar-refractivity contribution in [3.8, 4) is 0 Å². The minimum Gasteiger partial charge on any atom is -0.299 e. The lowest BCUT2D eigenvalue weighted by molar-refractivity contribution is -0.122. The SMILES string of the molecule is O=C(Cc1ccc(Br)cc1Cl)C1CC2CC2C1. The number of Topliss-reactive ketones (excluding diaryl/α,β-unsaturated/α-hetero) is 1. The van der Waals surface area contributed by atoms with E-state index in [-0.39, 0.29) is 0 Å². The molecule has 2 fully saturated rings. The average Bonchev–Trinajstić information content (AvgIpc) is 2.89. The first-order valence-electron chi connectivity index (χ1n) is 6.10. The van der Waals surface area contributed by atoms with Crippen LogP contribution in [0.25, 0.3) is 0 Å². The van der Waals surface area contributed by atoms with E-state index in [0.717, 1.165) is 34.7 Å². The molecule has 0 aliphatic heterocycles. The number of fused-ring (bicyclic) bond motifs is 1. The van der Waals surface area contributed by atoms with Crippen LogP contribution in [0.4, 0.5) is 0 Å². The maximum atomic E-state index is 12.1. The average molecular weight is 314 g/mol. The van der Waals surface area contributed by atoms with E-state index in [1.54, 1.807) is 0 Å². The molecule has 2 unspecified atom stereocenters. The molecular formula is C14H14BrClO. The maximum Gasteiger partial charge on any atom is 0.140 e. The number of benzene rings is 1. The van der Waals surface area contributed by atoms with Gasteiger partial charge >= 0.3 is 0 Å². The Kier molecular flexibility index (Phi) is 3.04. The van der Waals surface area contributed by atoms with E-state index in [4.69, 9.17) is 11.6 Å². The second-order valence-electron chi connectivity index (χ2n) is 5.30. The molecule has 1 nitrogen and oxygen atoms in total. The number of hydrogen-bond acceptors (Lipinski definition) is 1. The van der Waals surface area contributed by atoms with Crippen LogP contribution in [0, 0.1) is 17.8 Å². The van der Waals surface area contributed by atoms with Gasteiger partial charge in [-0.2, -0.15) is 0 Å². The summed E-state index contributed by atoms with van der Waals surface area (Å²) in [6.45, 7) is 0. The molecule has 0 amide bonds. The largest absolute Gasteiger partial charge is 0.299 e. The van der Waals surface area contributed by atoms with Crippen LogP contribution in [0.3, 0.4) is 0 Å². The number of carbonyl (C=O) groups excluding carboxylic acids is 1. The Morgan fingerprint density at radius 3 is 2.65 bits per heavy atom. The lowest BCUT2D eigenvalue weighted by Gasteiger charge is -2.11. The van der Waals surface area contributed by atoms with Crippen LogP contribution in [0.5, 0.6) is 0 Å². The van der Waals surface area contributed by atoms with Gasteiger partial charge in [-0.3, -0.25) is 4.79 Å². The highest BCUT2D eigenvalue weighted by Crippen LogP contribution is 2.54. The molecule has 17 heavy (non-hydrogen) atoms. The topological polar surface area (TPSA) is 17.1 Å². The zero-order valence-electron chi connectivity index (χ0n) is 9.46. The van der Waals surface area contributed by atoms with Gasteiger partial charge in [0, 0.05) is 21.8 Å². The molecule has 2 saturated carbocycles. The Hall–Kier alpha value is -0.340. The van der Waals surface area contributed by atoms with Crippen molar-refractivity contribution in [2.24, 2.45) is 17.8 Å². The van der Waals surface area contributed by atoms with Crippen molar-refractivity contribution in [1.29, 1.82) is 0 Å². The van der Waals surface area contributed by atoms with Crippen molar-refractivity contribution in [1.82, 2.24) is 0 Å². The highest BCUT2D eigenvalue weighted by molar-refractivity contribution is 9.10. The molecule has 2 aliphatic rings. The smallest absolute Gasteiger partial charge is 0.140 e. The molecule has 1 aromatic rings. The number of ketones is 1. The van der Waals surface area contributed by atoms with E-state index in [1.165, 1.54) is 6.42 Å². The highest BCUT2D eigenvalue weighted by Gasteiger charge is 2.47. The Balaban J connectivity index is 1.67. The zero-order valence-corrected chi connectivity index (χ0v) is 11.8. The van der Waals surface area contributed by atoms with Crippen molar-refractivity contribution < 1.29 is 4.79 Å². The highest BCUT2D eigenvalue weighted by atomic mass is 79.9. The van der Waals surface area contributed by atoms with E-state index in [1.807, 2.05) is 18.2 Å². The summed E-state index contributed by atoms with van der Waals surface area (Å²) in [6.07, 6.45) is 4.11. The number of carbonyl (C=O) groups is 1. The summed E-state index contributed by atoms with van der Waals surface area (Å²) >= 11 is 9.51. The second-order valence-corrected chi connectivity index (χ2v) is 6.63. The van der Waals surface area contributed by atoms with E-state index in [2.05, 4.69) is 15.9 Å². The van der Waals surface area contributed by atoms with Crippen LogP contribution in [-0.4, -0.2) is 5.78 Å². The lowest BCUT2D eigenvalue weighted by atomic mass is 9.94. The molecule has 0 heterocycles. The molecule has 0 aromatic heterocycles. The van der Waals surface area contributed by atoms with Gasteiger partial charge < -0.3 is 0 Å². The molecule has 1 aromatic carbocycles. The summed E-state index contributed by atoms with van der Waals surface area (Å²) in [7, 11) is 0. The van der Waals surface area contributed by atoms with Crippen molar-refractivity contribution in [2.45, 2.75) is 25.7 Å². The molecule has 90 valence electrons. The molecule has 0 spiro atoms. The monoisotopic (exact) mass is 312 g/mol. The predicted molar refractivity (Wildman–Crippen MR) is 72.2 cm³/mol. The van der Waals surface area contributed by atoms with E-state index in [9.17, 15) is 4.79 Å². The summed E-state index contributed by atoms with van der Waals surface area (Å²) in [6, 6.07) is 5.75. The van der Waals surface area contributed by atoms with Crippen LogP contribution < -0.4 is 0 Å². The Morgan fingerprint density at radius 2 is 2.00 bits per heavy atom. The van der Waals surface area contributed by atoms with Crippen LogP contribution in [0.15, 0.2) is 22.7 Å². The van der Waals surface area contributed by atoms with E-state index in [0.29, 0.717) is 23.1 Å². The summed E-state index contributed by atoms with van der Waals surface area (Å²) in [5.41, 5.74) is 0.959. The summed E-state index contributed by atoms with van der Waals surface area (Å²) in [4.78, 5) is 12.1. The van der Waals surface area contributed by atoms with Crippen LogP contribution >= 0.6 is 27.5 Å². The van der Waals surface area contributed by atoms with Gasteiger partial charge in [0.05, 0.1) is 0 Å². The molecule has 2 aliphatic carbocycles. The third-order valence-corrected chi connectivity index (χ3v) is 4.92. The van der Waals surface area contributed by atoms with Gasteiger partial charge in [-0.25, -0.2) is 0 Å². The van der Waals surface area contributed by atoms with Gasteiger partial charge in [-0.15, -0.1) is 0 Å². The van der Waals surface area contributed by atoms with Gasteiger partial charge in [0.2, 0.25) is 0 Å². The molecule has 3 heteroatoms. The Labute approximate surface area is 115 Å². The first kappa shape index (κ1) is 11.7. The molecule has 3 rings (SSSR count). The number of halogens is 2.